The highest BCUT2D eigenvalue weighted by Crippen LogP contribution is 2.25. The van der Waals surface area contributed by atoms with E-state index in [4.69, 9.17) is 0 Å². The molecule has 1 aliphatic heterocycles. The Labute approximate surface area is 111 Å². The van der Waals surface area contributed by atoms with E-state index in [2.05, 4.69) is 61.3 Å². The third-order valence-electron chi connectivity index (χ3n) is 4.08. The molecule has 1 aromatic carbocycles. The van der Waals surface area contributed by atoms with Gasteiger partial charge in [-0.2, -0.15) is 0 Å². The SMILES string of the molecule is CCNC1CC(C)N(Cc2ccccc2)C(C)C1. The van der Waals surface area contributed by atoms with E-state index in [1.807, 2.05) is 0 Å². The topological polar surface area (TPSA) is 15.3 Å². The van der Waals surface area contributed by atoms with Crippen molar-refractivity contribution in [2.75, 3.05) is 6.54 Å². The van der Waals surface area contributed by atoms with Crippen LogP contribution in [0.15, 0.2) is 30.3 Å². The van der Waals surface area contributed by atoms with Gasteiger partial charge in [0.25, 0.3) is 0 Å². The monoisotopic (exact) mass is 246 g/mol. The molecule has 0 amide bonds. The summed E-state index contributed by atoms with van der Waals surface area (Å²) in [6.45, 7) is 9.10. The number of rotatable bonds is 4. The molecule has 2 nitrogen and oxygen atoms in total. The summed E-state index contributed by atoms with van der Waals surface area (Å²) < 4.78 is 0. The number of benzene rings is 1. The predicted molar refractivity (Wildman–Crippen MR) is 77.6 cm³/mol. The van der Waals surface area contributed by atoms with Crippen molar-refractivity contribution in [2.45, 2.75) is 58.3 Å². The van der Waals surface area contributed by atoms with Gasteiger partial charge in [-0.05, 0) is 38.8 Å². The lowest BCUT2D eigenvalue weighted by molar-refractivity contribution is 0.0756. The summed E-state index contributed by atoms with van der Waals surface area (Å²) in [6.07, 6.45) is 2.54. The van der Waals surface area contributed by atoms with Crippen LogP contribution in [-0.2, 0) is 6.54 Å². The summed E-state index contributed by atoms with van der Waals surface area (Å²) in [7, 11) is 0. The largest absolute Gasteiger partial charge is 0.314 e. The van der Waals surface area contributed by atoms with E-state index in [9.17, 15) is 0 Å². The Balaban J connectivity index is 1.97. The summed E-state index contributed by atoms with van der Waals surface area (Å²) in [5.41, 5.74) is 1.43. The molecule has 0 bridgehead atoms. The third kappa shape index (κ3) is 3.33. The second-order valence-electron chi connectivity index (χ2n) is 5.58. The number of nitrogens with zero attached hydrogens (tertiary/aromatic N) is 1. The number of hydrogen-bond acceptors (Lipinski definition) is 2. The van der Waals surface area contributed by atoms with Gasteiger partial charge in [-0.1, -0.05) is 37.3 Å². The van der Waals surface area contributed by atoms with Crippen molar-refractivity contribution >= 4 is 0 Å². The molecule has 0 spiro atoms. The molecular weight excluding hydrogens is 220 g/mol. The van der Waals surface area contributed by atoms with Crippen LogP contribution in [0.4, 0.5) is 0 Å². The van der Waals surface area contributed by atoms with Gasteiger partial charge in [-0.15, -0.1) is 0 Å². The maximum Gasteiger partial charge on any atom is 0.0239 e. The minimum absolute atomic E-state index is 0.665. The highest BCUT2D eigenvalue weighted by Gasteiger charge is 2.30. The maximum atomic E-state index is 3.60. The van der Waals surface area contributed by atoms with Crippen LogP contribution >= 0.6 is 0 Å². The highest BCUT2D eigenvalue weighted by molar-refractivity contribution is 5.15. The minimum Gasteiger partial charge on any atom is -0.314 e. The Hall–Kier alpha value is -0.860. The van der Waals surface area contributed by atoms with Crippen molar-refractivity contribution in [2.24, 2.45) is 0 Å². The van der Waals surface area contributed by atoms with Crippen molar-refractivity contribution in [3.63, 3.8) is 0 Å². The van der Waals surface area contributed by atoms with Crippen LogP contribution < -0.4 is 5.32 Å². The second kappa shape index (κ2) is 6.35. The molecule has 1 N–H and O–H groups in total. The lowest BCUT2D eigenvalue weighted by atomic mass is 9.92. The fraction of sp³-hybridized carbons (Fsp3) is 0.625. The summed E-state index contributed by atoms with van der Waals surface area (Å²) in [5.74, 6) is 0. The summed E-state index contributed by atoms with van der Waals surface area (Å²) >= 11 is 0. The Kier molecular flexibility index (Phi) is 4.79. The van der Waals surface area contributed by atoms with Crippen LogP contribution in [0.2, 0.25) is 0 Å². The van der Waals surface area contributed by atoms with Crippen LogP contribution in [0.3, 0.4) is 0 Å². The lowest BCUT2D eigenvalue weighted by Gasteiger charge is -2.43. The van der Waals surface area contributed by atoms with Crippen LogP contribution in [0.25, 0.3) is 0 Å². The molecule has 1 aromatic rings. The second-order valence-corrected chi connectivity index (χ2v) is 5.58. The average molecular weight is 246 g/mol. The third-order valence-corrected chi connectivity index (χ3v) is 4.08. The molecule has 2 atom stereocenters. The zero-order valence-corrected chi connectivity index (χ0v) is 11.9. The van der Waals surface area contributed by atoms with Crippen molar-refractivity contribution in [1.29, 1.82) is 0 Å². The van der Waals surface area contributed by atoms with Gasteiger partial charge in [-0.25, -0.2) is 0 Å². The van der Waals surface area contributed by atoms with Gasteiger partial charge < -0.3 is 5.32 Å². The molecule has 1 aliphatic rings. The first kappa shape index (κ1) is 13.6. The predicted octanol–water partition coefficient (Wildman–Crippen LogP) is 3.04. The standard InChI is InChI=1S/C16H26N2/c1-4-17-16-10-13(2)18(14(3)11-16)12-15-8-6-5-7-9-15/h5-9,13-14,16-17H,4,10-12H2,1-3H3. The van der Waals surface area contributed by atoms with Crippen molar-refractivity contribution in [1.82, 2.24) is 10.2 Å². The fourth-order valence-corrected chi connectivity index (χ4v) is 3.19. The van der Waals surface area contributed by atoms with Gasteiger partial charge in [0.05, 0.1) is 0 Å². The van der Waals surface area contributed by atoms with Crippen LogP contribution in [0, 0.1) is 0 Å². The van der Waals surface area contributed by atoms with E-state index in [1.54, 1.807) is 0 Å². The smallest absolute Gasteiger partial charge is 0.0239 e. The number of nitrogens with one attached hydrogen (secondary N) is 1. The van der Waals surface area contributed by atoms with Gasteiger partial charge >= 0.3 is 0 Å². The number of hydrogen-bond donors (Lipinski definition) is 1. The maximum absolute atomic E-state index is 3.60. The molecule has 0 radical (unpaired) electrons. The first-order valence-electron chi connectivity index (χ1n) is 7.23. The molecule has 1 saturated heterocycles. The Morgan fingerprint density at radius 3 is 2.28 bits per heavy atom. The van der Waals surface area contributed by atoms with Crippen LogP contribution in [0.1, 0.15) is 39.2 Å². The van der Waals surface area contributed by atoms with E-state index in [1.165, 1.54) is 18.4 Å². The zero-order chi connectivity index (χ0) is 13.0. The highest BCUT2D eigenvalue weighted by atomic mass is 15.2. The Morgan fingerprint density at radius 1 is 1.11 bits per heavy atom. The van der Waals surface area contributed by atoms with Gasteiger partial charge in [0.1, 0.15) is 0 Å². The Bertz CT molecular complexity index is 337. The molecule has 1 heterocycles. The Morgan fingerprint density at radius 2 is 1.72 bits per heavy atom. The quantitative estimate of drug-likeness (QED) is 0.878. The van der Waals surface area contributed by atoms with Crippen LogP contribution in [0.5, 0.6) is 0 Å². The summed E-state index contributed by atoms with van der Waals surface area (Å²) in [5, 5.41) is 3.60. The molecule has 18 heavy (non-hydrogen) atoms. The molecule has 0 saturated carbocycles. The van der Waals surface area contributed by atoms with Crippen molar-refractivity contribution < 1.29 is 0 Å². The summed E-state index contributed by atoms with van der Waals surface area (Å²) in [4.78, 5) is 2.64. The zero-order valence-electron chi connectivity index (χ0n) is 11.9. The molecule has 0 aromatic heterocycles. The van der Waals surface area contributed by atoms with Crippen LogP contribution in [-0.4, -0.2) is 29.6 Å². The lowest BCUT2D eigenvalue weighted by Crippen LogP contribution is -2.51. The van der Waals surface area contributed by atoms with E-state index < -0.39 is 0 Å². The molecule has 2 heteroatoms. The van der Waals surface area contributed by atoms with E-state index >= 15 is 0 Å². The van der Waals surface area contributed by atoms with Gasteiger partial charge in [0, 0.05) is 24.7 Å². The molecule has 2 unspecified atom stereocenters. The minimum atomic E-state index is 0.665. The van der Waals surface area contributed by atoms with Crippen molar-refractivity contribution in [3.05, 3.63) is 35.9 Å². The first-order valence-corrected chi connectivity index (χ1v) is 7.23. The number of likely N-dealkylation sites (tertiary alicyclic amines) is 1. The van der Waals surface area contributed by atoms with E-state index in [0.29, 0.717) is 18.1 Å². The van der Waals surface area contributed by atoms with Gasteiger partial charge in [-0.3, -0.25) is 4.90 Å². The van der Waals surface area contributed by atoms with Gasteiger partial charge in [0.15, 0.2) is 0 Å². The van der Waals surface area contributed by atoms with E-state index in [0.717, 1.165) is 13.1 Å². The first-order chi connectivity index (χ1) is 8.70. The molecule has 2 rings (SSSR count). The van der Waals surface area contributed by atoms with E-state index in [-0.39, 0.29) is 0 Å². The summed E-state index contributed by atoms with van der Waals surface area (Å²) in [6, 6.07) is 12.9. The fourth-order valence-electron chi connectivity index (χ4n) is 3.19. The average Bonchev–Trinajstić information content (AvgIpc) is 2.36. The molecular formula is C16H26N2. The van der Waals surface area contributed by atoms with Gasteiger partial charge in [0.2, 0.25) is 0 Å². The number of piperidine rings is 1. The normalized spacial score (nSPS) is 29.4. The molecule has 100 valence electrons. The van der Waals surface area contributed by atoms with Crippen molar-refractivity contribution in [3.8, 4) is 0 Å². The molecule has 1 fully saturated rings. The molecule has 0 aliphatic carbocycles.